The van der Waals surface area contributed by atoms with Gasteiger partial charge < -0.3 is 0 Å². The van der Waals surface area contributed by atoms with Crippen LogP contribution in [0, 0.1) is 45.3 Å². The van der Waals surface area contributed by atoms with Gasteiger partial charge in [-0.15, -0.1) is 0 Å². The van der Waals surface area contributed by atoms with E-state index in [1.165, 1.54) is 44.9 Å². The molecule has 0 aromatic carbocycles. The van der Waals surface area contributed by atoms with Crippen LogP contribution >= 0.6 is 0 Å². The lowest BCUT2D eigenvalue weighted by Crippen LogP contribution is -2.38. The van der Waals surface area contributed by atoms with Crippen LogP contribution in [0.5, 0.6) is 0 Å². The number of hydrogen-bond acceptors (Lipinski definition) is 0. The molecule has 29 heavy (non-hydrogen) atoms. The Morgan fingerprint density at radius 2 is 0.517 bits per heavy atom. The van der Waals surface area contributed by atoms with E-state index < -0.39 is 0 Å². The first-order valence-corrected chi connectivity index (χ1v) is 12.0. The Balaban J connectivity index is 0. The molecular weight excluding hydrogens is 348 g/mol. The van der Waals surface area contributed by atoms with Gasteiger partial charge in [0.25, 0.3) is 0 Å². The Morgan fingerprint density at radius 3 is 0.690 bits per heavy atom. The molecule has 0 radical (unpaired) electrons. The number of rotatable bonds is 0. The van der Waals surface area contributed by atoms with Crippen molar-refractivity contribution < 1.29 is 0 Å². The van der Waals surface area contributed by atoms with E-state index in [9.17, 15) is 0 Å². The molecule has 0 bridgehead atoms. The van der Waals surface area contributed by atoms with Gasteiger partial charge in [-0.25, -0.2) is 0 Å². The maximum atomic E-state index is 2.42. The largest absolute Gasteiger partial charge is 0.0776 e. The van der Waals surface area contributed by atoms with E-state index in [-0.39, 0.29) is 14.9 Å². The van der Waals surface area contributed by atoms with Gasteiger partial charge in [-0.3, -0.25) is 0 Å². The summed E-state index contributed by atoms with van der Waals surface area (Å²) in [6.07, 6.45) is 10.2. The van der Waals surface area contributed by atoms with Gasteiger partial charge in [-0.2, -0.15) is 0 Å². The van der Waals surface area contributed by atoms with Crippen molar-refractivity contribution in [2.75, 3.05) is 0 Å². The summed E-state index contributed by atoms with van der Waals surface area (Å²) in [6.45, 7) is 28.9. The van der Waals surface area contributed by atoms with Crippen LogP contribution in [-0.2, 0) is 0 Å². The Bertz CT molecular complexity index is 387. The molecular formula is C29H62. The molecule has 0 heterocycles. The van der Waals surface area contributed by atoms with E-state index in [1.54, 1.807) is 0 Å². The molecule has 2 saturated carbocycles. The van der Waals surface area contributed by atoms with E-state index >= 15 is 0 Å². The predicted molar refractivity (Wildman–Crippen MR) is 138 cm³/mol. The highest BCUT2D eigenvalue weighted by atomic mass is 14.5. The van der Waals surface area contributed by atoms with Crippen molar-refractivity contribution in [2.45, 2.75) is 143 Å². The molecule has 0 aliphatic heterocycles. The van der Waals surface area contributed by atoms with Gasteiger partial charge in [0, 0.05) is 0 Å². The van der Waals surface area contributed by atoms with Gasteiger partial charge in [0.15, 0.2) is 0 Å². The smallest absolute Gasteiger partial charge is 0.0332 e. The summed E-state index contributed by atoms with van der Waals surface area (Å²) in [6, 6.07) is 0. The van der Waals surface area contributed by atoms with Gasteiger partial charge in [0.05, 0.1) is 0 Å². The second-order valence-corrected chi connectivity index (χ2v) is 14.1. The van der Waals surface area contributed by atoms with Gasteiger partial charge in [-0.1, -0.05) is 117 Å². The molecule has 0 aromatic heterocycles. The Morgan fingerprint density at radius 1 is 0.345 bits per heavy atom. The minimum absolute atomic E-state index is 0. The van der Waals surface area contributed by atoms with Crippen LogP contribution in [0.2, 0.25) is 0 Å². The SMILES string of the molecule is C.C.CC(C)(C)C1CCCC1C(C)(C)C.CC(C)(C)C1CCCCC1C(C)(C)C. The van der Waals surface area contributed by atoms with Crippen LogP contribution in [0.4, 0.5) is 0 Å². The van der Waals surface area contributed by atoms with Gasteiger partial charge >= 0.3 is 0 Å². The highest BCUT2D eigenvalue weighted by Gasteiger charge is 2.41. The predicted octanol–water partition coefficient (Wildman–Crippen LogP) is 10.7. The molecule has 2 fully saturated rings. The molecule has 0 saturated heterocycles. The van der Waals surface area contributed by atoms with E-state index in [2.05, 4.69) is 83.1 Å². The van der Waals surface area contributed by atoms with Crippen LogP contribution in [0.3, 0.4) is 0 Å². The first-order valence-electron chi connectivity index (χ1n) is 12.0. The standard InChI is InChI=1S/C14H28.C13H26.2CH4/c1-13(2,3)11-9-7-8-10-12(11)14(4,5)6;1-12(2,3)10-8-7-9-11(10)13(4,5)6;;/h11-12H,7-10H2,1-6H3;10-11H,7-9H2,1-6H3;2*1H4. The Kier molecular flexibility index (Phi) is 11.9. The monoisotopic (exact) mass is 410 g/mol. The topological polar surface area (TPSA) is 0 Å². The zero-order valence-corrected chi connectivity index (χ0v) is 21.3. The second kappa shape index (κ2) is 11.0. The van der Waals surface area contributed by atoms with Crippen molar-refractivity contribution in [1.29, 1.82) is 0 Å². The molecule has 0 spiro atoms. The van der Waals surface area contributed by atoms with Crippen LogP contribution in [0.1, 0.15) is 143 Å². The van der Waals surface area contributed by atoms with Gasteiger partial charge in [0.2, 0.25) is 0 Å². The average molecular weight is 411 g/mol. The summed E-state index contributed by atoms with van der Waals surface area (Å²) in [7, 11) is 0. The molecule has 4 atom stereocenters. The molecule has 178 valence electrons. The lowest BCUT2D eigenvalue weighted by atomic mass is 9.59. The first-order chi connectivity index (χ1) is 12.0. The van der Waals surface area contributed by atoms with Crippen molar-refractivity contribution in [3.05, 3.63) is 0 Å². The van der Waals surface area contributed by atoms with Crippen molar-refractivity contribution in [3.8, 4) is 0 Å². The maximum absolute atomic E-state index is 2.42. The summed E-state index contributed by atoms with van der Waals surface area (Å²) >= 11 is 0. The van der Waals surface area contributed by atoms with Crippen LogP contribution < -0.4 is 0 Å². The molecule has 0 N–H and O–H groups in total. The first kappa shape index (κ1) is 31.2. The Hall–Kier alpha value is 0. The third-order valence-corrected chi connectivity index (χ3v) is 7.73. The average Bonchev–Trinajstić information content (AvgIpc) is 2.96. The summed E-state index contributed by atoms with van der Waals surface area (Å²) in [4.78, 5) is 0. The van der Waals surface area contributed by atoms with E-state index in [4.69, 9.17) is 0 Å². The summed E-state index contributed by atoms with van der Waals surface area (Å²) in [5, 5.41) is 0. The van der Waals surface area contributed by atoms with Crippen LogP contribution in [-0.4, -0.2) is 0 Å². The molecule has 0 heteroatoms. The molecule has 2 aliphatic rings. The third kappa shape index (κ3) is 9.35. The Labute approximate surface area is 188 Å². The highest BCUT2D eigenvalue weighted by Crippen LogP contribution is 2.51. The molecule has 2 aliphatic carbocycles. The molecule has 0 aromatic rings. The lowest BCUT2D eigenvalue weighted by molar-refractivity contribution is 0.0335. The van der Waals surface area contributed by atoms with Gasteiger partial charge in [-0.05, 0) is 71.0 Å². The van der Waals surface area contributed by atoms with Crippen molar-refractivity contribution >= 4 is 0 Å². The summed E-state index contributed by atoms with van der Waals surface area (Å²) < 4.78 is 0. The minimum atomic E-state index is 0. The summed E-state index contributed by atoms with van der Waals surface area (Å²) in [5.74, 6) is 3.73. The van der Waals surface area contributed by atoms with E-state index in [1.807, 2.05) is 0 Å². The van der Waals surface area contributed by atoms with Crippen molar-refractivity contribution in [2.24, 2.45) is 45.3 Å². The molecule has 4 unspecified atom stereocenters. The molecule has 2 rings (SSSR count). The number of hydrogen-bond donors (Lipinski definition) is 0. The van der Waals surface area contributed by atoms with E-state index in [0.29, 0.717) is 21.7 Å². The van der Waals surface area contributed by atoms with Crippen LogP contribution in [0.25, 0.3) is 0 Å². The van der Waals surface area contributed by atoms with Gasteiger partial charge in [0.1, 0.15) is 0 Å². The summed E-state index contributed by atoms with van der Waals surface area (Å²) in [5.41, 5.74) is 2.01. The normalized spacial score (nSPS) is 28.6. The van der Waals surface area contributed by atoms with Crippen LogP contribution in [0.15, 0.2) is 0 Å². The minimum Gasteiger partial charge on any atom is -0.0776 e. The molecule has 0 amide bonds. The zero-order valence-electron chi connectivity index (χ0n) is 21.3. The van der Waals surface area contributed by atoms with Crippen molar-refractivity contribution in [1.82, 2.24) is 0 Å². The lowest BCUT2D eigenvalue weighted by Gasteiger charge is -2.46. The second-order valence-electron chi connectivity index (χ2n) is 14.1. The maximum Gasteiger partial charge on any atom is -0.0332 e. The van der Waals surface area contributed by atoms with E-state index in [0.717, 1.165) is 23.7 Å². The zero-order chi connectivity index (χ0) is 21.3. The fraction of sp³-hybridized carbons (Fsp3) is 1.00. The quantitative estimate of drug-likeness (QED) is 0.372. The fourth-order valence-electron chi connectivity index (χ4n) is 6.24. The highest BCUT2D eigenvalue weighted by molar-refractivity contribution is 4.91. The molecule has 0 nitrogen and oxygen atoms in total. The third-order valence-electron chi connectivity index (χ3n) is 7.73. The fourth-order valence-corrected chi connectivity index (χ4v) is 6.24. The van der Waals surface area contributed by atoms with Crippen molar-refractivity contribution in [3.63, 3.8) is 0 Å².